The summed E-state index contributed by atoms with van der Waals surface area (Å²) < 4.78 is 59.7. The van der Waals surface area contributed by atoms with Crippen LogP contribution in [0.2, 0.25) is 0 Å². The fraction of sp³-hybridized carbons (Fsp3) is 0.929. The standard InChI is InChI=1S/C70H127N3O28/c1-5-7-9-11-13-15-17-19-20-22-24-26-28-30-32-34-50(82)73-43(44(81)33-31-29-27-25-23-21-18-16-14-12-10-8-6-2)40-92-68-59(89)57(87)62(47(37-76)95-68)98-69-60(90)58(88)63(48(38-77)96-69)99-70-61(91)65(101-67-52(72-42(4)80)56(86)54(84)46(36-75)94-67)64(49(39-78)97-70)100-66-51(71-41(3)79)55(85)53(83)45(35-74)93-66/h31,33,43-49,51-70,74-78,81,83-91H,5-30,32,34-40H2,1-4H3,(H,71,79)(H,72,80)(H,73,82)/b33-31+/t43-,44+,45?,46?,47?,48?,49?,51?,52?,53-,54-,55+,56+,57+,58+,59?,60?,61?,62+,63-,64-,65+,66-,67-,68+,69-,70-/m0/s1. The van der Waals surface area contributed by atoms with Crippen molar-refractivity contribution in [1.29, 1.82) is 0 Å². The number of ether oxygens (including phenoxy) is 10. The average molecular weight is 1460 g/mol. The van der Waals surface area contributed by atoms with E-state index < -0.39 is 217 Å². The van der Waals surface area contributed by atoms with Crippen molar-refractivity contribution in [2.45, 2.75) is 373 Å². The van der Waals surface area contributed by atoms with Crippen molar-refractivity contribution in [1.82, 2.24) is 16.0 Å². The first-order valence-corrected chi connectivity index (χ1v) is 37.5. The summed E-state index contributed by atoms with van der Waals surface area (Å²) in [6, 6.07) is -4.36. The molecule has 0 bridgehead atoms. The highest BCUT2D eigenvalue weighted by Crippen LogP contribution is 2.37. The van der Waals surface area contributed by atoms with Gasteiger partial charge in [0, 0.05) is 20.3 Å². The number of unbranched alkanes of at least 4 members (excludes halogenated alkanes) is 25. The lowest BCUT2D eigenvalue weighted by molar-refractivity contribution is -0.396. The summed E-state index contributed by atoms with van der Waals surface area (Å²) in [7, 11) is 0. The third-order valence-corrected chi connectivity index (χ3v) is 19.6. The summed E-state index contributed by atoms with van der Waals surface area (Å²) in [5.41, 5.74) is 0. The first-order chi connectivity index (χ1) is 48.6. The Morgan fingerprint density at radius 3 is 1.13 bits per heavy atom. The second-order valence-electron chi connectivity index (χ2n) is 27.8. The lowest BCUT2D eigenvalue weighted by Gasteiger charge is -2.51. The van der Waals surface area contributed by atoms with E-state index >= 15 is 0 Å². The summed E-state index contributed by atoms with van der Waals surface area (Å²) in [6.07, 6.45) is -9.97. The molecule has 27 atom stereocenters. The number of carbonyl (C=O) groups excluding carboxylic acids is 3. The van der Waals surface area contributed by atoms with E-state index in [0.29, 0.717) is 12.8 Å². The number of rotatable bonds is 49. The molecule has 18 N–H and O–H groups in total. The normalized spacial score (nSPS) is 35.3. The number of allylic oxidation sites excluding steroid dienone is 1. The molecular formula is C70H127N3O28. The van der Waals surface area contributed by atoms with Gasteiger partial charge in [0.1, 0.15) is 122 Å². The smallest absolute Gasteiger partial charge is 0.220 e. The van der Waals surface area contributed by atoms with E-state index in [2.05, 4.69) is 29.8 Å². The van der Waals surface area contributed by atoms with Gasteiger partial charge in [0.2, 0.25) is 17.7 Å². The maximum atomic E-state index is 13.5. The molecule has 10 unspecified atom stereocenters. The molecule has 5 aliphatic rings. The first kappa shape index (κ1) is 88.8. The first-order valence-electron chi connectivity index (χ1n) is 37.5. The van der Waals surface area contributed by atoms with Gasteiger partial charge in [-0.25, -0.2) is 0 Å². The van der Waals surface area contributed by atoms with Crippen molar-refractivity contribution in [2.75, 3.05) is 39.6 Å². The van der Waals surface area contributed by atoms with Crippen molar-refractivity contribution < 1.29 is 138 Å². The van der Waals surface area contributed by atoms with Crippen LogP contribution in [0.15, 0.2) is 12.2 Å². The van der Waals surface area contributed by atoms with E-state index in [0.717, 1.165) is 65.2 Å². The Morgan fingerprint density at radius 1 is 0.386 bits per heavy atom. The van der Waals surface area contributed by atoms with E-state index in [1.165, 1.54) is 109 Å². The highest BCUT2D eigenvalue weighted by atomic mass is 16.8. The zero-order valence-electron chi connectivity index (χ0n) is 59.8. The van der Waals surface area contributed by atoms with Crippen LogP contribution in [-0.4, -0.2) is 300 Å². The van der Waals surface area contributed by atoms with Crippen LogP contribution in [0.5, 0.6) is 0 Å². The van der Waals surface area contributed by atoms with Crippen LogP contribution in [0, 0.1) is 0 Å². The van der Waals surface area contributed by atoms with Crippen LogP contribution in [0.25, 0.3) is 0 Å². The predicted octanol–water partition coefficient (Wildman–Crippen LogP) is -0.248. The molecule has 5 aliphatic heterocycles. The maximum absolute atomic E-state index is 13.5. The van der Waals surface area contributed by atoms with Crippen molar-refractivity contribution >= 4 is 17.7 Å². The Labute approximate surface area is 594 Å². The topological polar surface area (TPSA) is 483 Å². The molecule has 0 aliphatic carbocycles. The highest BCUT2D eigenvalue weighted by Gasteiger charge is 2.58. The highest BCUT2D eigenvalue weighted by molar-refractivity contribution is 5.76. The number of aliphatic hydroxyl groups excluding tert-OH is 15. The molecule has 3 amide bonds. The third-order valence-electron chi connectivity index (χ3n) is 19.6. The van der Waals surface area contributed by atoms with Crippen molar-refractivity contribution in [2.24, 2.45) is 0 Å². The zero-order valence-corrected chi connectivity index (χ0v) is 59.8. The van der Waals surface area contributed by atoms with Gasteiger partial charge in [-0.15, -0.1) is 0 Å². The van der Waals surface area contributed by atoms with Gasteiger partial charge in [0.25, 0.3) is 0 Å². The molecule has 0 aromatic carbocycles. The lowest BCUT2D eigenvalue weighted by atomic mass is 9.94. The average Bonchev–Trinajstić information content (AvgIpc) is 0.768. The Kier molecular flexibility index (Phi) is 42.6. The second-order valence-corrected chi connectivity index (χ2v) is 27.8. The number of aliphatic hydroxyl groups is 15. The molecule has 0 radical (unpaired) electrons. The van der Waals surface area contributed by atoms with Gasteiger partial charge in [-0.3, -0.25) is 14.4 Å². The van der Waals surface area contributed by atoms with E-state index in [4.69, 9.17) is 47.4 Å². The molecule has 0 saturated carbocycles. The summed E-state index contributed by atoms with van der Waals surface area (Å²) >= 11 is 0. The van der Waals surface area contributed by atoms with Gasteiger partial charge < -0.3 is 140 Å². The van der Waals surface area contributed by atoms with Gasteiger partial charge in [0.05, 0.1) is 51.8 Å². The molecule has 0 spiro atoms. The number of amides is 3. The SMILES string of the molecule is CCCCCCCCCCCCC/C=C/[C@@H](O)[C@H](CO[C@@H]1OC(CO)[C@@H](O[C@@H]2OC(CO)[C@H](O[C@@H]3OC(CO)[C@H](O[C@@H]4OC(CO)[C@H](O)[C@H](O)C4NC(C)=O)[C@H](O[C@@H]4OC(CO)[C@H](O)[C@H](O)C4NC(C)=O)C3O)[C@H](O)C2O)[C@H](O)C1O)NC(=O)CCCCCCCCCCCCCCCCC. The summed E-state index contributed by atoms with van der Waals surface area (Å²) in [4.78, 5) is 38.3. The molecular weight excluding hydrogens is 1330 g/mol. The zero-order chi connectivity index (χ0) is 74.0. The molecule has 590 valence electrons. The molecule has 31 nitrogen and oxygen atoms in total. The Balaban J connectivity index is 1.25. The second kappa shape index (κ2) is 48.5. The van der Waals surface area contributed by atoms with Gasteiger partial charge in [-0.1, -0.05) is 180 Å². The molecule has 5 saturated heterocycles. The van der Waals surface area contributed by atoms with Gasteiger partial charge in [0.15, 0.2) is 31.5 Å². The molecule has 31 heteroatoms. The van der Waals surface area contributed by atoms with Gasteiger partial charge >= 0.3 is 0 Å². The van der Waals surface area contributed by atoms with Crippen LogP contribution >= 0.6 is 0 Å². The quantitative estimate of drug-likeness (QED) is 0.0276. The van der Waals surface area contributed by atoms with Crippen molar-refractivity contribution in [3.8, 4) is 0 Å². The predicted molar refractivity (Wildman–Crippen MR) is 361 cm³/mol. The van der Waals surface area contributed by atoms with E-state index in [1.54, 1.807) is 6.08 Å². The van der Waals surface area contributed by atoms with Crippen molar-refractivity contribution in [3.63, 3.8) is 0 Å². The summed E-state index contributed by atoms with van der Waals surface area (Å²) in [6.45, 7) is 1.27. The van der Waals surface area contributed by atoms with Crippen LogP contribution in [0.4, 0.5) is 0 Å². The Morgan fingerprint density at radius 2 is 0.723 bits per heavy atom. The van der Waals surface area contributed by atoms with Crippen LogP contribution < -0.4 is 16.0 Å². The van der Waals surface area contributed by atoms with Gasteiger partial charge in [-0.2, -0.15) is 0 Å². The molecule has 5 heterocycles. The number of nitrogens with one attached hydrogen (secondary N) is 3. The Hall–Kier alpha value is -2.85. The Bertz CT molecular complexity index is 2270. The third kappa shape index (κ3) is 28.3. The summed E-state index contributed by atoms with van der Waals surface area (Å²) in [5, 5.41) is 174. The molecule has 5 fully saturated rings. The van der Waals surface area contributed by atoms with Crippen LogP contribution in [-0.2, 0) is 61.8 Å². The minimum Gasteiger partial charge on any atom is -0.394 e. The van der Waals surface area contributed by atoms with Crippen molar-refractivity contribution in [3.05, 3.63) is 12.2 Å². The summed E-state index contributed by atoms with van der Waals surface area (Å²) in [5.74, 6) is -1.88. The van der Waals surface area contributed by atoms with Crippen LogP contribution in [0.1, 0.15) is 207 Å². The van der Waals surface area contributed by atoms with E-state index in [-0.39, 0.29) is 12.3 Å². The molecule has 101 heavy (non-hydrogen) atoms. The number of carbonyl (C=O) groups is 3. The number of hydrogen-bond acceptors (Lipinski definition) is 28. The lowest BCUT2D eigenvalue weighted by Crippen LogP contribution is -2.70. The molecule has 0 aromatic rings. The van der Waals surface area contributed by atoms with E-state index in [1.807, 2.05) is 6.08 Å². The molecule has 5 rings (SSSR count). The maximum Gasteiger partial charge on any atom is 0.220 e. The fourth-order valence-electron chi connectivity index (χ4n) is 13.6. The van der Waals surface area contributed by atoms with Gasteiger partial charge in [-0.05, 0) is 19.3 Å². The number of hydrogen-bond donors (Lipinski definition) is 18. The monoisotopic (exact) mass is 1460 g/mol. The molecule has 0 aromatic heterocycles. The van der Waals surface area contributed by atoms with E-state index in [9.17, 15) is 91.0 Å². The fourth-order valence-corrected chi connectivity index (χ4v) is 13.6. The largest absolute Gasteiger partial charge is 0.394 e. The minimum absolute atomic E-state index is 0.190. The van der Waals surface area contributed by atoms with Crippen LogP contribution in [0.3, 0.4) is 0 Å². The minimum atomic E-state index is -2.26.